The molecule has 100 valence electrons. The third-order valence-electron chi connectivity index (χ3n) is 2.97. The number of hydrogen-bond donors (Lipinski definition) is 0. The van der Waals surface area contributed by atoms with Crippen molar-refractivity contribution in [2.24, 2.45) is 0 Å². The predicted octanol–water partition coefficient (Wildman–Crippen LogP) is 3.29. The monoisotopic (exact) mass is 266 g/mol. The van der Waals surface area contributed by atoms with Crippen molar-refractivity contribution in [3.63, 3.8) is 0 Å². The molecule has 2 rings (SSSR count). The van der Waals surface area contributed by atoms with E-state index >= 15 is 0 Å². The van der Waals surface area contributed by atoms with Gasteiger partial charge in [-0.15, -0.1) is 0 Å². The van der Waals surface area contributed by atoms with Gasteiger partial charge in [0, 0.05) is 11.1 Å². The highest BCUT2D eigenvalue weighted by atomic mass is 16.5. The Morgan fingerprint density at radius 3 is 2.10 bits per heavy atom. The summed E-state index contributed by atoms with van der Waals surface area (Å²) in [5.41, 5.74) is 1.12. The Labute approximate surface area is 117 Å². The molecule has 0 atom stereocenters. The smallest absolute Gasteiger partial charge is 0.197 e. The molecule has 0 radical (unpaired) electrons. The van der Waals surface area contributed by atoms with Crippen LogP contribution in [0.3, 0.4) is 0 Å². The average molecular weight is 266 g/mol. The first kappa shape index (κ1) is 13.7. The van der Waals surface area contributed by atoms with Gasteiger partial charge in [0.05, 0.1) is 12.7 Å². The fourth-order valence-corrected chi connectivity index (χ4v) is 1.98. The maximum Gasteiger partial charge on any atom is 0.197 e. The van der Waals surface area contributed by atoms with E-state index in [0.717, 1.165) is 0 Å². The van der Waals surface area contributed by atoms with Crippen molar-refractivity contribution in [2.45, 2.75) is 0 Å². The van der Waals surface area contributed by atoms with Crippen molar-refractivity contribution in [2.75, 3.05) is 7.11 Å². The second-order valence-corrected chi connectivity index (χ2v) is 4.14. The molecule has 0 saturated carbocycles. The quantitative estimate of drug-likeness (QED) is 0.616. The van der Waals surface area contributed by atoms with Gasteiger partial charge in [0.2, 0.25) is 0 Å². The number of carbonyl (C=O) groups excluding carboxylic acids is 2. The van der Waals surface area contributed by atoms with Crippen molar-refractivity contribution in [3.05, 3.63) is 77.9 Å². The molecule has 3 nitrogen and oxygen atoms in total. The first-order valence-electron chi connectivity index (χ1n) is 6.12. The normalized spacial score (nSPS) is 9.85. The lowest BCUT2D eigenvalue weighted by molar-refractivity contribution is 0.101. The number of allylic oxidation sites excluding steroid dienone is 1. The van der Waals surface area contributed by atoms with E-state index in [1.807, 2.05) is 0 Å². The van der Waals surface area contributed by atoms with Gasteiger partial charge in [0.15, 0.2) is 11.6 Å². The Kier molecular flexibility index (Phi) is 4.11. The van der Waals surface area contributed by atoms with E-state index < -0.39 is 0 Å². The largest absolute Gasteiger partial charge is 0.496 e. The Hall–Kier alpha value is -2.68. The van der Waals surface area contributed by atoms with E-state index in [1.54, 1.807) is 48.5 Å². The number of para-hydroxylation sites is 1. The number of carbonyl (C=O) groups is 2. The molecule has 3 heteroatoms. The van der Waals surface area contributed by atoms with Crippen LogP contribution in [0.1, 0.15) is 26.3 Å². The number of benzene rings is 2. The van der Waals surface area contributed by atoms with E-state index in [-0.39, 0.29) is 11.6 Å². The van der Waals surface area contributed by atoms with Crippen molar-refractivity contribution in [3.8, 4) is 5.75 Å². The number of rotatable bonds is 5. The van der Waals surface area contributed by atoms with E-state index in [1.165, 1.54) is 13.2 Å². The molecule has 0 bridgehead atoms. The summed E-state index contributed by atoms with van der Waals surface area (Å²) >= 11 is 0. The van der Waals surface area contributed by atoms with Gasteiger partial charge in [0.1, 0.15) is 5.75 Å². The van der Waals surface area contributed by atoms with Gasteiger partial charge < -0.3 is 4.74 Å². The lowest BCUT2D eigenvalue weighted by Crippen LogP contribution is -2.09. The Balaban J connectivity index is 2.54. The third-order valence-corrected chi connectivity index (χ3v) is 2.97. The molecular weight excluding hydrogens is 252 g/mol. The van der Waals surface area contributed by atoms with Gasteiger partial charge >= 0.3 is 0 Å². The molecule has 0 amide bonds. The first-order valence-corrected chi connectivity index (χ1v) is 6.12. The molecule has 0 spiro atoms. The summed E-state index contributed by atoms with van der Waals surface area (Å²) in [6, 6.07) is 13.6. The Bertz CT molecular complexity index is 671. The van der Waals surface area contributed by atoms with Crippen LogP contribution in [0.25, 0.3) is 0 Å². The summed E-state index contributed by atoms with van der Waals surface area (Å²) in [5.74, 6) is -0.0320. The van der Waals surface area contributed by atoms with Crippen LogP contribution in [0.2, 0.25) is 0 Å². The number of ether oxygens (including phenoxy) is 1. The van der Waals surface area contributed by atoms with Crippen LogP contribution in [-0.2, 0) is 0 Å². The molecule has 0 fully saturated rings. The van der Waals surface area contributed by atoms with E-state index in [4.69, 9.17) is 4.74 Å². The molecule has 0 heterocycles. The van der Waals surface area contributed by atoms with Gasteiger partial charge in [0.25, 0.3) is 0 Å². The molecule has 0 aliphatic carbocycles. The maximum absolute atomic E-state index is 12.6. The summed E-state index contributed by atoms with van der Waals surface area (Å²) < 4.78 is 5.19. The zero-order valence-electron chi connectivity index (χ0n) is 11.1. The van der Waals surface area contributed by atoms with Crippen molar-refractivity contribution in [1.82, 2.24) is 0 Å². The molecule has 20 heavy (non-hydrogen) atoms. The van der Waals surface area contributed by atoms with Crippen molar-refractivity contribution in [1.29, 1.82) is 0 Å². The summed E-state index contributed by atoms with van der Waals surface area (Å²) in [6.07, 6.45) is 1.20. The molecular formula is C17H14O3. The number of methoxy groups -OCH3 is 1. The predicted molar refractivity (Wildman–Crippen MR) is 77.4 cm³/mol. The highest BCUT2D eigenvalue weighted by Crippen LogP contribution is 2.23. The minimum absolute atomic E-state index is 0.242. The minimum Gasteiger partial charge on any atom is -0.496 e. The summed E-state index contributed by atoms with van der Waals surface area (Å²) in [4.78, 5) is 24.4. The number of ketones is 2. The average Bonchev–Trinajstić information content (AvgIpc) is 2.53. The molecule has 2 aromatic carbocycles. The minimum atomic E-state index is -0.274. The van der Waals surface area contributed by atoms with Gasteiger partial charge in [-0.3, -0.25) is 9.59 Å². The molecule has 0 aromatic heterocycles. The van der Waals surface area contributed by atoms with E-state index in [0.29, 0.717) is 22.4 Å². The Morgan fingerprint density at radius 2 is 1.50 bits per heavy atom. The highest BCUT2D eigenvalue weighted by Gasteiger charge is 2.19. The van der Waals surface area contributed by atoms with Crippen molar-refractivity contribution < 1.29 is 14.3 Å². The zero-order chi connectivity index (χ0) is 14.5. The van der Waals surface area contributed by atoms with Crippen molar-refractivity contribution >= 4 is 11.6 Å². The molecule has 0 N–H and O–H groups in total. The summed E-state index contributed by atoms with van der Waals surface area (Å²) in [5, 5.41) is 0. The zero-order valence-corrected chi connectivity index (χ0v) is 11.1. The van der Waals surface area contributed by atoms with Crippen LogP contribution in [-0.4, -0.2) is 18.7 Å². The topological polar surface area (TPSA) is 43.4 Å². The number of hydrogen-bond acceptors (Lipinski definition) is 3. The van der Waals surface area contributed by atoms with Crippen LogP contribution in [0.15, 0.2) is 61.2 Å². The lowest BCUT2D eigenvalue weighted by Gasteiger charge is -2.09. The van der Waals surface area contributed by atoms with E-state index in [9.17, 15) is 9.59 Å². The molecule has 2 aromatic rings. The second kappa shape index (κ2) is 5.97. The van der Waals surface area contributed by atoms with Crippen LogP contribution in [0.4, 0.5) is 0 Å². The first-order chi connectivity index (χ1) is 9.69. The Morgan fingerprint density at radius 1 is 0.950 bits per heavy atom. The molecule has 0 saturated heterocycles. The van der Waals surface area contributed by atoms with Gasteiger partial charge in [-0.2, -0.15) is 0 Å². The SMILES string of the molecule is C=CC(=O)c1ccccc1C(=O)c1ccccc1OC. The lowest BCUT2D eigenvalue weighted by atomic mass is 9.95. The molecule has 0 aliphatic rings. The summed E-state index contributed by atoms with van der Waals surface area (Å²) in [7, 11) is 1.51. The highest BCUT2D eigenvalue weighted by molar-refractivity contribution is 6.18. The van der Waals surface area contributed by atoms with Crippen LogP contribution in [0.5, 0.6) is 5.75 Å². The van der Waals surface area contributed by atoms with Crippen LogP contribution >= 0.6 is 0 Å². The molecule has 0 unspecified atom stereocenters. The second-order valence-electron chi connectivity index (χ2n) is 4.14. The van der Waals surface area contributed by atoms with Gasteiger partial charge in [-0.05, 0) is 18.2 Å². The third kappa shape index (κ3) is 2.52. The molecule has 0 aliphatic heterocycles. The van der Waals surface area contributed by atoms with Gasteiger partial charge in [-0.1, -0.05) is 43.0 Å². The fraction of sp³-hybridized carbons (Fsp3) is 0.0588. The fourth-order valence-electron chi connectivity index (χ4n) is 1.98. The van der Waals surface area contributed by atoms with Crippen LogP contribution < -0.4 is 4.74 Å². The van der Waals surface area contributed by atoms with Crippen LogP contribution in [0, 0.1) is 0 Å². The summed E-state index contributed by atoms with van der Waals surface area (Å²) in [6.45, 7) is 3.46. The maximum atomic E-state index is 12.6. The standard InChI is InChI=1S/C17H14O3/c1-3-15(18)12-8-4-5-9-13(12)17(19)14-10-6-7-11-16(14)20-2/h3-11H,1H2,2H3. The van der Waals surface area contributed by atoms with E-state index in [2.05, 4.69) is 6.58 Å². The van der Waals surface area contributed by atoms with Gasteiger partial charge in [-0.25, -0.2) is 0 Å².